The molecule has 2 N–H and O–H groups in total. The highest BCUT2D eigenvalue weighted by molar-refractivity contribution is 7.92. The average molecular weight is 396 g/mol. The van der Waals surface area contributed by atoms with Crippen molar-refractivity contribution in [2.75, 3.05) is 6.54 Å². The molecule has 2 aliphatic rings. The fraction of sp³-hybridized carbons (Fsp3) is 0.556. The summed E-state index contributed by atoms with van der Waals surface area (Å²) in [7, 11) is -3.63. The van der Waals surface area contributed by atoms with Crippen LogP contribution >= 0.6 is 11.6 Å². The summed E-state index contributed by atoms with van der Waals surface area (Å²) in [6.07, 6.45) is 4.34. The van der Waals surface area contributed by atoms with Crippen LogP contribution in [0.3, 0.4) is 0 Å². The topological polar surface area (TPSA) is 99.1 Å². The van der Waals surface area contributed by atoms with Crippen molar-refractivity contribution >= 4 is 27.3 Å². The number of rotatable bonds is 4. The quantitative estimate of drug-likeness (QED) is 0.814. The molecule has 1 amide bonds. The predicted octanol–water partition coefficient (Wildman–Crippen LogP) is 2.19. The molecule has 0 spiro atoms. The molecule has 0 radical (unpaired) electrons. The van der Waals surface area contributed by atoms with E-state index in [1.54, 1.807) is 18.2 Å². The molecule has 1 heterocycles. The largest absolute Gasteiger partial charge is 0.336 e. The Morgan fingerprint density at radius 1 is 1.27 bits per heavy atom. The Morgan fingerprint density at radius 2 is 1.96 bits per heavy atom. The van der Waals surface area contributed by atoms with Gasteiger partial charge in [-0.25, -0.2) is 8.42 Å². The highest BCUT2D eigenvalue weighted by atomic mass is 35.5. The van der Waals surface area contributed by atoms with Gasteiger partial charge in [-0.2, -0.15) is 5.26 Å². The molecule has 1 saturated heterocycles. The Hall–Kier alpha value is -1.62. The first-order valence-corrected chi connectivity index (χ1v) is 10.8. The molecule has 1 aromatic carbocycles. The van der Waals surface area contributed by atoms with Crippen LogP contribution in [0.15, 0.2) is 29.2 Å². The molecule has 0 bridgehead atoms. The smallest absolute Gasteiger partial charge is 0.238 e. The van der Waals surface area contributed by atoms with Gasteiger partial charge in [0.15, 0.2) is 9.84 Å². The van der Waals surface area contributed by atoms with E-state index in [1.807, 2.05) is 0 Å². The molecule has 3 rings (SSSR count). The standard InChI is InChI=1S/C18H22ClN3O3S/c19-14-6-2-3-7-16(14)26(24,25)13-10-15(21-11-13)17(23)22-18(12-20)8-4-1-5-9-18/h2-3,6-7,13,15,21H,1,4-5,8-11H2,(H,22,23). The van der Waals surface area contributed by atoms with Gasteiger partial charge in [-0.05, 0) is 31.4 Å². The van der Waals surface area contributed by atoms with Gasteiger partial charge in [0, 0.05) is 6.54 Å². The van der Waals surface area contributed by atoms with Crippen LogP contribution in [0.4, 0.5) is 0 Å². The van der Waals surface area contributed by atoms with Crippen LogP contribution < -0.4 is 10.6 Å². The second kappa shape index (κ2) is 7.55. The van der Waals surface area contributed by atoms with Gasteiger partial charge in [0.05, 0.1) is 27.3 Å². The Bertz CT molecular complexity index is 828. The van der Waals surface area contributed by atoms with E-state index in [0.717, 1.165) is 19.3 Å². The van der Waals surface area contributed by atoms with E-state index in [-0.39, 0.29) is 28.8 Å². The number of nitrogens with zero attached hydrogens (tertiary/aromatic N) is 1. The van der Waals surface area contributed by atoms with Crippen molar-refractivity contribution in [2.24, 2.45) is 0 Å². The highest BCUT2D eigenvalue weighted by Gasteiger charge is 2.41. The minimum Gasteiger partial charge on any atom is -0.336 e. The Morgan fingerprint density at radius 3 is 2.62 bits per heavy atom. The SMILES string of the molecule is N#CC1(NC(=O)C2CC(S(=O)(=O)c3ccccc3Cl)CN2)CCCCC1. The zero-order valence-electron chi connectivity index (χ0n) is 14.4. The third-order valence-electron chi connectivity index (χ3n) is 5.27. The molecule has 0 aromatic heterocycles. The third kappa shape index (κ3) is 3.73. The zero-order valence-corrected chi connectivity index (χ0v) is 15.9. The lowest BCUT2D eigenvalue weighted by molar-refractivity contribution is -0.124. The molecule has 2 unspecified atom stereocenters. The second-order valence-corrected chi connectivity index (χ2v) is 9.64. The number of nitriles is 1. The van der Waals surface area contributed by atoms with E-state index >= 15 is 0 Å². The lowest BCUT2D eigenvalue weighted by Gasteiger charge is -2.32. The van der Waals surface area contributed by atoms with E-state index in [1.165, 1.54) is 6.07 Å². The van der Waals surface area contributed by atoms with E-state index in [9.17, 15) is 18.5 Å². The van der Waals surface area contributed by atoms with E-state index in [0.29, 0.717) is 12.8 Å². The van der Waals surface area contributed by atoms with Gasteiger partial charge >= 0.3 is 0 Å². The Balaban J connectivity index is 1.69. The van der Waals surface area contributed by atoms with Crippen LogP contribution in [0.2, 0.25) is 5.02 Å². The van der Waals surface area contributed by atoms with Crippen molar-refractivity contribution in [3.8, 4) is 6.07 Å². The van der Waals surface area contributed by atoms with Crippen molar-refractivity contribution < 1.29 is 13.2 Å². The maximum atomic E-state index is 12.8. The number of nitrogens with one attached hydrogen (secondary N) is 2. The third-order valence-corrected chi connectivity index (χ3v) is 7.92. The molecule has 8 heteroatoms. The van der Waals surface area contributed by atoms with Gasteiger partial charge in [-0.1, -0.05) is 43.0 Å². The number of carbonyl (C=O) groups is 1. The fourth-order valence-corrected chi connectivity index (χ4v) is 5.92. The summed E-state index contributed by atoms with van der Waals surface area (Å²) in [6.45, 7) is 0.186. The molecule has 26 heavy (non-hydrogen) atoms. The van der Waals surface area contributed by atoms with Crippen molar-refractivity contribution in [2.45, 2.75) is 60.3 Å². The molecule has 1 aromatic rings. The molecule has 1 aliphatic carbocycles. The first-order chi connectivity index (χ1) is 12.4. The average Bonchev–Trinajstić information content (AvgIpc) is 3.14. The summed E-state index contributed by atoms with van der Waals surface area (Å²) in [5.74, 6) is -0.301. The molecule has 140 valence electrons. The summed E-state index contributed by atoms with van der Waals surface area (Å²) in [6, 6.07) is 7.96. The van der Waals surface area contributed by atoms with Crippen LogP contribution in [-0.2, 0) is 14.6 Å². The molecular weight excluding hydrogens is 374 g/mol. The van der Waals surface area contributed by atoms with E-state index < -0.39 is 26.7 Å². The van der Waals surface area contributed by atoms with Crippen LogP contribution in [0, 0.1) is 11.3 Å². The van der Waals surface area contributed by atoms with Gasteiger partial charge < -0.3 is 10.6 Å². The minimum absolute atomic E-state index is 0.0929. The van der Waals surface area contributed by atoms with E-state index in [4.69, 9.17) is 11.6 Å². The first-order valence-electron chi connectivity index (χ1n) is 8.83. The van der Waals surface area contributed by atoms with E-state index in [2.05, 4.69) is 16.7 Å². The molecular formula is C18H22ClN3O3S. The molecule has 2 atom stereocenters. The van der Waals surface area contributed by atoms with Crippen LogP contribution in [-0.4, -0.2) is 37.7 Å². The maximum absolute atomic E-state index is 12.8. The summed E-state index contributed by atoms with van der Waals surface area (Å²) in [5, 5.41) is 14.8. The predicted molar refractivity (Wildman–Crippen MR) is 98.4 cm³/mol. The minimum atomic E-state index is -3.63. The van der Waals surface area contributed by atoms with Gasteiger partial charge in [0.25, 0.3) is 0 Å². The molecule has 1 aliphatic heterocycles. The Kier molecular flexibility index (Phi) is 5.56. The van der Waals surface area contributed by atoms with Crippen molar-refractivity contribution in [3.05, 3.63) is 29.3 Å². The summed E-state index contributed by atoms with van der Waals surface area (Å²) in [4.78, 5) is 12.7. The fourth-order valence-electron chi connectivity index (χ4n) is 3.74. The van der Waals surface area contributed by atoms with Gasteiger partial charge in [-0.3, -0.25) is 4.79 Å². The first kappa shape index (κ1) is 19.2. The normalized spacial score (nSPS) is 25.4. The van der Waals surface area contributed by atoms with Crippen molar-refractivity contribution in [3.63, 3.8) is 0 Å². The number of carbonyl (C=O) groups excluding carboxylic acids is 1. The number of benzene rings is 1. The summed E-state index contributed by atoms with van der Waals surface area (Å²) >= 11 is 6.04. The lowest BCUT2D eigenvalue weighted by atomic mass is 9.82. The van der Waals surface area contributed by atoms with Gasteiger partial charge in [0.2, 0.25) is 5.91 Å². The number of hydrogen-bond acceptors (Lipinski definition) is 5. The lowest BCUT2D eigenvalue weighted by Crippen LogP contribution is -2.53. The highest BCUT2D eigenvalue weighted by Crippen LogP contribution is 2.30. The molecule has 2 fully saturated rings. The zero-order chi connectivity index (χ0) is 18.8. The summed E-state index contributed by atoms with van der Waals surface area (Å²) in [5.41, 5.74) is -0.823. The monoisotopic (exact) mass is 395 g/mol. The molecule has 6 nitrogen and oxygen atoms in total. The molecule has 1 saturated carbocycles. The van der Waals surface area contributed by atoms with Crippen LogP contribution in [0.1, 0.15) is 38.5 Å². The van der Waals surface area contributed by atoms with Crippen LogP contribution in [0.25, 0.3) is 0 Å². The number of halogens is 1. The van der Waals surface area contributed by atoms with Crippen molar-refractivity contribution in [1.82, 2.24) is 10.6 Å². The number of sulfone groups is 1. The second-order valence-electron chi connectivity index (χ2n) is 7.04. The number of amides is 1. The Labute approximate surface area is 158 Å². The van der Waals surface area contributed by atoms with Gasteiger partial charge in [-0.15, -0.1) is 0 Å². The van der Waals surface area contributed by atoms with Crippen molar-refractivity contribution in [1.29, 1.82) is 5.26 Å². The maximum Gasteiger partial charge on any atom is 0.238 e. The van der Waals surface area contributed by atoms with Crippen LogP contribution in [0.5, 0.6) is 0 Å². The summed E-state index contributed by atoms with van der Waals surface area (Å²) < 4.78 is 25.6. The number of hydrogen-bond donors (Lipinski definition) is 2. The van der Waals surface area contributed by atoms with Gasteiger partial charge in [0.1, 0.15) is 5.54 Å².